The number of nitrogens with zero attached hydrogens (tertiary/aromatic N) is 2. The molecule has 0 bridgehead atoms. The Morgan fingerprint density at radius 3 is 2.51 bits per heavy atom. The molecule has 2 aromatic rings. The number of pyridine rings is 1. The van der Waals surface area contributed by atoms with Crippen LogP contribution in [-0.2, 0) is 33.9 Å². The summed E-state index contributed by atoms with van der Waals surface area (Å²) in [4.78, 5) is 62.7. The lowest BCUT2D eigenvalue weighted by molar-refractivity contribution is -0.142. The average Bonchev–Trinajstić information content (AvgIpc) is 4.05. The van der Waals surface area contributed by atoms with Crippen molar-refractivity contribution in [2.24, 2.45) is 17.8 Å². The van der Waals surface area contributed by atoms with E-state index in [9.17, 15) is 27.6 Å². The highest BCUT2D eigenvalue weighted by Gasteiger charge is 2.63. The van der Waals surface area contributed by atoms with Crippen molar-refractivity contribution in [3.05, 3.63) is 36.5 Å². The number of ether oxygens (including phenoxy) is 5. The van der Waals surface area contributed by atoms with Gasteiger partial charge < -0.3 is 39.2 Å². The molecule has 3 heterocycles. The maximum atomic E-state index is 14.9. The first kappa shape index (κ1) is 43.9. The number of allylic oxidation sites excluding steroid dienone is 1. The second-order valence-corrected chi connectivity index (χ2v) is 20.0. The average molecular weight is 848 g/mol. The number of hydrogen-bond donors (Lipinski definition) is 3. The maximum absolute atomic E-state index is 14.9. The first-order valence-corrected chi connectivity index (χ1v) is 21.9. The summed E-state index contributed by atoms with van der Waals surface area (Å²) in [5, 5.41) is 6.98. The minimum Gasteiger partial charge on any atom is -0.497 e. The van der Waals surface area contributed by atoms with Gasteiger partial charge in [0.05, 0.1) is 31.2 Å². The van der Waals surface area contributed by atoms with Gasteiger partial charge in [-0.2, -0.15) is 0 Å². The minimum absolute atomic E-state index is 0. The molecule has 16 nitrogen and oxygen atoms in total. The van der Waals surface area contributed by atoms with Crippen LogP contribution in [0.5, 0.6) is 17.4 Å². The number of rotatable bonds is 11. The van der Waals surface area contributed by atoms with Crippen LogP contribution in [0.25, 0.3) is 10.8 Å². The summed E-state index contributed by atoms with van der Waals surface area (Å²) in [6.07, 6.45) is 6.84. The zero-order chi connectivity index (χ0) is 42.9. The number of methoxy groups -OCH3 is 2. The number of carbonyl (C=O) groups is 4. The number of carbonyl (C=O) groups excluding carboxylic acids is 4. The van der Waals surface area contributed by atoms with Gasteiger partial charge in [-0.1, -0.05) is 26.0 Å². The fourth-order valence-electron chi connectivity index (χ4n) is 7.93. The summed E-state index contributed by atoms with van der Waals surface area (Å²) in [7, 11) is -0.889. The highest BCUT2D eigenvalue weighted by atomic mass is 32.2. The van der Waals surface area contributed by atoms with Crippen molar-refractivity contribution in [1.29, 1.82) is 0 Å². The summed E-state index contributed by atoms with van der Waals surface area (Å²) >= 11 is 0. The number of hydrogen-bond acceptors (Lipinski definition) is 12. The number of benzene rings is 1. The molecule has 330 valence electrons. The highest BCUT2D eigenvalue weighted by Crippen LogP contribution is 2.48. The maximum Gasteiger partial charge on any atom is 0.408 e. The second-order valence-electron chi connectivity index (χ2n) is 17.8. The Kier molecular flexibility index (Phi) is 12.8. The van der Waals surface area contributed by atoms with Crippen LogP contribution in [0, 0.1) is 17.8 Å². The van der Waals surface area contributed by atoms with Crippen LogP contribution in [0.2, 0.25) is 0 Å². The van der Waals surface area contributed by atoms with E-state index >= 15 is 0 Å². The molecule has 6 rings (SSSR count). The fourth-order valence-corrected chi connectivity index (χ4v) is 9.24. The topological polar surface area (TPSA) is 201 Å². The van der Waals surface area contributed by atoms with E-state index in [-0.39, 0.29) is 48.0 Å². The highest BCUT2D eigenvalue weighted by molar-refractivity contribution is 7.91. The minimum atomic E-state index is -4.02. The second kappa shape index (κ2) is 17.1. The smallest absolute Gasteiger partial charge is 0.408 e. The molecule has 1 aromatic heterocycles. The number of nitrogens with one attached hydrogen (secondary N) is 3. The van der Waals surface area contributed by atoms with Crippen molar-refractivity contribution in [2.45, 2.75) is 121 Å². The van der Waals surface area contributed by atoms with Gasteiger partial charge in [0.2, 0.25) is 27.7 Å². The molecule has 1 aromatic carbocycles. The van der Waals surface area contributed by atoms with E-state index in [1.165, 1.54) is 11.1 Å². The van der Waals surface area contributed by atoms with Crippen molar-refractivity contribution >= 4 is 44.6 Å². The lowest BCUT2D eigenvalue weighted by Crippen LogP contribution is -2.59. The van der Waals surface area contributed by atoms with Crippen molar-refractivity contribution in [1.82, 2.24) is 25.2 Å². The van der Waals surface area contributed by atoms with Gasteiger partial charge in [-0.05, 0) is 96.3 Å². The van der Waals surface area contributed by atoms with Crippen molar-refractivity contribution < 1.29 is 55.6 Å². The number of alkyl carbamates (subject to hydrolysis) is 1. The van der Waals surface area contributed by atoms with Crippen molar-refractivity contribution in [3.63, 3.8) is 0 Å². The van der Waals surface area contributed by atoms with Gasteiger partial charge >= 0.3 is 6.09 Å². The summed E-state index contributed by atoms with van der Waals surface area (Å²) in [6.45, 7) is 11.3. The molecule has 0 spiro atoms. The van der Waals surface area contributed by atoms with Crippen LogP contribution in [0.3, 0.4) is 0 Å². The monoisotopic (exact) mass is 847 g/mol. The molecule has 4 amide bonds. The molecular weight excluding hydrogens is 783 g/mol. The van der Waals surface area contributed by atoms with Gasteiger partial charge in [0.1, 0.15) is 47.4 Å². The first-order valence-electron chi connectivity index (χ1n) is 20.4. The third-order valence-electron chi connectivity index (χ3n) is 11.8. The van der Waals surface area contributed by atoms with Gasteiger partial charge in [-0.25, -0.2) is 18.2 Å². The van der Waals surface area contributed by atoms with Crippen LogP contribution >= 0.6 is 0 Å². The molecule has 59 heavy (non-hydrogen) atoms. The van der Waals surface area contributed by atoms with E-state index in [1.54, 1.807) is 60.1 Å². The summed E-state index contributed by atoms with van der Waals surface area (Å²) in [5.74, 6) is -1.39. The Bertz CT molecular complexity index is 2080. The van der Waals surface area contributed by atoms with Crippen molar-refractivity contribution in [3.8, 4) is 17.4 Å². The molecule has 0 unspecified atom stereocenters. The predicted molar refractivity (Wildman–Crippen MR) is 225 cm³/mol. The molecule has 0 radical (unpaired) electrons. The number of amides is 4. The standard InChI is InChI=1S/C42H59N5O11S.3H2/c1-25-11-9-10-12-27-22-42(27,38(50)46-59(52,53)41(6)15-16-41)45-35(48)32-21-29(24-47(32)37(49)34(26(2)19-25)44-39(51)58-40(3,4)5)57-36-30-14-13-28(55-8)20-31(30)33(23-43-36)56-18-17-54-7;;;/h10,12-14,20,23,25-27,29,32,34H,9,11,15-19,21-22,24H2,1-8H3,(H,44,51)(H,45,48)(H,46,50);3*1H/b12-10-;;;/t25-,26+,27+,29+,32-,34-,42+;;;/m0.../s1. The van der Waals surface area contributed by atoms with E-state index in [2.05, 4.69) is 27.3 Å². The predicted octanol–water partition coefficient (Wildman–Crippen LogP) is 5.13. The molecule has 2 aliphatic carbocycles. The third-order valence-corrected chi connectivity index (χ3v) is 13.9. The molecule has 3 fully saturated rings. The summed E-state index contributed by atoms with van der Waals surface area (Å²) in [5.41, 5.74) is -2.39. The Hall–Kier alpha value is -4.64. The van der Waals surface area contributed by atoms with Gasteiger partial charge in [-0.3, -0.25) is 19.1 Å². The Labute approximate surface area is 351 Å². The van der Waals surface area contributed by atoms with Gasteiger partial charge in [0.25, 0.3) is 5.91 Å². The van der Waals surface area contributed by atoms with Gasteiger partial charge in [0, 0.05) is 34.5 Å². The zero-order valence-corrected chi connectivity index (χ0v) is 36.1. The summed E-state index contributed by atoms with van der Waals surface area (Å²) < 4.78 is 56.4. The van der Waals surface area contributed by atoms with E-state index < -0.39 is 73.8 Å². The quantitative estimate of drug-likeness (QED) is 0.199. The van der Waals surface area contributed by atoms with E-state index in [0.29, 0.717) is 54.6 Å². The number of fused-ring (bicyclic) bond motifs is 3. The van der Waals surface area contributed by atoms with Gasteiger partial charge in [0.15, 0.2) is 0 Å². The largest absolute Gasteiger partial charge is 0.497 e. The first-order chi connectivity index (χ1) is 27.8. The van der Waals surface area contributed by atoms with Crippen LogP contribution < -0.4 is 29.6 Å². The van der Waals surface area contributed by atoms with Crippen LogP contribution in [-0.4, -0.2) is 110 Å². The normalized spacial score (nSPS) is 28.8. The van der Waals surface area contributed by atoms with E-state index in [0.717, 1.165) is 6.42 Å². The van der Waals surface area contributed by atoms with Gasteiger partial charge in [-0.15, -0.1) is 0 Å². The van der Waals surface area contributed by atoms with E-state index in [1.807, 2.05) is 19.1 Å². The number of aromatic nitrogens is 1. The lowest BCUT2D eigenvalue weighted by Gasteiger charge is -2.33. The molecule has 2 saturated carbocycles. The molecular formula is C42H65N5O11S. The number of sulfonamides is 1. The molecule has 2 aliphatic heterocycles. The SMILES string of the molecule is COCCOc1cnc(O[C@@H]2C[C@H]3C(=O)N[C@]4(C(=O)NS(=O)(=O)C5(C)CC5)C[C@H]4/C=C\CC[C@H](C)C[C@@H](C)[C@H](NC(=O)OC(C)(C)C)C(=O)N3C2)c2ccc(OC)cc12.[HH].[HH].[HH]. The van der Waals surface area contributed by atoms with E-state index in [4.69, 9.17) is 23.7 Å². The molecule has 4 aliphatic rings. The molecule has 7 atom stereocenters. The van der Waals surface area contributed by atoms with Crippen LogP contribution in [0.4, 0.5) is 4.79 Å². The third kappa shape index (κ3) is 9.88. The summed E-state index contributed by atoms with van der Waals surface area (Å²) in [6, 6.07) is 3.10. The Morgan fingerprint density at radius 1 is 1.08 bits per heavy atom. The Balaban J connectivity index is 0.00000341. The van der Waals surface area contributed by atoms with Crippen molar-refractivity contribution in [2.75, 3.05) is 34.0 Å². The molecule has 3 N–H and O–H groups in total. The Morgan fingerprint density at radius 2 is 1.83 bits per heavy atom. The fraction of sp³-hybridized carbons (Fsp3) is 0.643. The van der Waals surface area contributed by atoms with Crippen LogP contribution in [0.1, 0.15) is 90.8 Å². The molecule has 1 saturated heterocycles. The lowest BCUT2D eigenvalue weighted by atomic mass is 9.88. The molecule has 17 heteroatoms. The van der Waals surface area contributed by atoms with Crippen LogP contribution in [0.15, 0.2) is 36.5 Å². The zero-order valence-electron chi connectivity index (χ0n) is 35.3.